The van der Waals surface area contributed by atoms with E-state index in [4.69, 9.17) is 0 Å². The number of hydrogen-bond donors (Lipinski definition) is 1. The van der Waals surface area contributed by atoms with E-state index >= 15 is 0 Å². The molecule has 0 spiro atoms. The van der Waals surface area contributed by atoms with Crippen molar-refractivity contribution in [1.29, 1.82) is 0 Å². The standard InChI is InChI=1S/C21H30O3/c1-5-6-7-11-18-17(19(22)14-20(23)21(18)24)13-12-16(4)10-8-9-15(2)3/h9,12,14,22H,5-8,10-11,13H2,1-4H3. The Kier molecular flexibility index (Phi) is 8.45. The molecule has 0 radical (unpaired) electrons. The monoisotopic (exact) mass is 330 g/mol. The molecule has 0 unspecified atom stereocenters. The van der Waals surface area contributed by atoms with Gasteiger partial charge in [-0.25, -0.2) is 0 Å². The summed E-state index contributed by atoms with van der Waals surface area (Å²) in [6.45, 7) is 8.33. The summed E-state index contributed by atoms with van der Waals surface area (Å²) in [5, 5.41) is 10.1. The molecule has 0 aromatic rings. The van der Waals surface area contributed by atoms with Crippen molar-refractivity contribution in [3.63, 3.8) is 0 Å². The summed E-state index contributed by atoms with van der Waals surface area (Å²) in [6.07, 6.45) is 11.3. The van der Waals surface area contributed by atoms with Gasteiger partial charge in [-0.15, -0.1) is 0 Å². The van der Waals surface area contributed by atoms with Crippen LogP contribution in [0.2, 0.25) is 0 Å². The number of hydrogen-bond acceptors (Lipinski definition) is 3. The third kappa shape index (κ3) is 6.31. The molecule has 0 aliphatic heterocycles. The van der Waals surface area contributed by atoms with Gasteiger partial charge in [0.05, 0.1) is 0 Å². The van der Waals surface area contributed by atoms with Gasteiger partial charge in [0.25, 0.3) is 0 Å². The first-order valence-electron chi connectivity index (χ1n) is 8.87. The van der Waals surface area contributed by atoms with Crippen LogP contribution in [0.1, 0.15) is 72.6 Å². The minimum Gasteiger partial charge on any atom is -0.508 e. The van der Waals surface area contributed by atoms with Crippen LogP contribution in [0.4, 0.5) is 0 Å². The molecule has 1 rings (SSSR count). The van der Waals surface area contributed by atoms with E-state index in [1.54, 1.807) is 0 Å². The topological polar surface area (TPSA) is 54.4 Å². The van der Waals surface area contributed by atoms with E-state index in [1.807, 2.05) is 0 Å². The van der Waals surface area contributed by atoms with Crippen LogP contribution in [-0.2, 0) is 9.59 Å². The molecule has 0 bridgehead atoms. The highest BCUT2D eigenvalue weighted by Gasteiger charge is 2.27. The zero-order chi connectivity index (χ0) is 18.1. The molecule has 24 heavy (non-hydrogen) atoms. The molecule has 1 N–H and O–H groups in total. The van der Waals surface area contributed by atoms with Gasteiger partial charge >= 0.3 is 0 Å². The summed E-state index contributed by atoms with van der Waals surface area (Å²) >= 11 is 0. The molecule has 0 heterocycles. The van der Waals surface area contributed by atoms with Crippen molar-refractivity contribution >= 4 is 11.6 Å². The summed E-state index contributed by atoms with van der Waals surface area (Å²) in [5.74, 6) is -1.10. The molecule has 0 saturated heterocycles. The van der Waals surface area contributed by atoms with Crippen molar-refractivity contribution in [2.24, 2.45) is 0 Å². The Labute approximate surface area is 145 Å². The number of carbonyl (C=O) groups is 2. The fourth-order valence-electron chi connectivity index (χ4n) is 2.73. The summed E-state index contributed by atoms with van der Waals surface area (Å²) in [4.78, 5) is 23.9. The Hall–Kier alpha value is -1.90. The van der Waals surface area contributed by atoms with Crippen LogP contribution in [0.15, 0.2) is 46.3 Å². The largest absolute Gasteiger partial charge is 0.508 e. The van der Waals surface area contributed by atoms with Crippen LogP contribution >= 0.6 is 0 Å². The molecule has 0 atom stereocenters. The molecule has 0 saturated carbocycles. The zero-order valence-electron chi connectivity index (χ0n) is 15.4. The second-order valence-corrected chi connectivity index (χ2v) is 6.71. The maximum absolute atomic E-state index is 12.2. The first kappa shape index (κ1) is 20.1. The number of ketones is 2. The lowest BCUT2D eigenvalue weighted by Gasteiger charge is -2.16. The number of allylic oxidation sites excluding steroid dienone is 7. The number of aliphatic hydroxyl groups excluding tert-OH is 1. The van der Waals surface area contributed by atoms with Crippen LogP contribution in [0, 0.1) is 0 Å². The maximum atomic E-state index is 12.2. The smallest absolute Gasteiger partial charge is 0.229 e. The molecule has 3 nitrogen and oxygen atoms in total. The minimum atomic E-state index is -0.605. The first-order chi connectivity index (χ1) is 11.4. The highest BCUT2D eigenvalue weighted by Crippen LogP contribution is 2.27. The second kappa shape index (κ2) is 10.1. The summed E-state index contributed by atoms with van der Waals surface area (Å²) in [6, 6.07) is 0. The van der Waals surface area contributed by atoms with E-state index in [9.17, 15) is 14.7 Å². The molecule has 0 fully saturated rings. The minimum absolute atomic E-state index is 0.0422. The fraction of sp³-hybridized carbons (Fsp3) is 0.524. The summed E-state index contributed by atoms with van der Waals surface area (Å²) < 4.78 is 0. The number of carbonyl (C=O) groups excluding carboxylic acids is 2. The molecular formula is C21H30O3. The van der Waals surface area contributed by atoms with Crippen LogP contribution in [0.5, 0.6) is 0 Å². The number of aliphatic hydroxyl groups is 1. The third-order valence-corrected chi connectivity index (χ3v) is 4.22. The fourth-order valence-corrected chi connectivity index (χ4v) is 2.73. The Balaban J connectivity index is 2.88. The van der Waals surface area contributed by atoms with Gasteiger partial charge in [-0.2, -0.15) is 0 Å². The highest BCUT2D eigenvalue weighted by atomic mass is 16.3. The van der Waals surface area contributed by atoms with Gasteiger partial charge < -0.3 is 5.11 Å². The molecule has 132 valence electrons. The third-order valence-electron chi connectivity index (χ3n) is 4.22. The van der Waals surface area contributed by atoms with Gasteiger partial charge in [0.15, 0.2) is 0 Å². The predicted molar refractivity (Wildman–Crippen MR) is 98.9 cm³/mol. The summed E-state index contributed by atoms with van der Waals surface area (Å²) in [7, 11) is 0. The Morgan fingerprint density at radius 3 is 2.42 bits per heavy atom. The van der Waals surface area contributed by atoms with Crippen LogP contribution in [0.25, 0.3) is 0 Å². The number of Topliss-reactive ketones (excluding diaryl/α,β-unsaturated/α-hetero) is 1. The molecule has 0 aromatic heterocycles. The van der Waals surface area contributed by atoms with Gasteiger partial charge in [-0.3, -0.25) is 9.59 Å². The Morgan fingerprint density at radius 2 is 1.79 bits per heavy atom. The van der Waals surface area contributed by atoms with Gasteiger partial charge in [-0.05, 0) is 52.9 Å². The van der Waals surface area contributed by atoms with E-state index in [2.05, 4.69) is 39.8 Å². The van der Waals surface area contributed by atoms with Gasteiger partial charge in [0, 0.05) is 17.2 Å². The number of rotatable bonds is 9. The Morgan fingerprint density at radius 1 is 1.08 bits per heavy atom. The highest BCUT2D eigenvalue weighted by molar-refractivity contribution is 6.48. The van der Waals surface area contributed by atoms with Gasteiger partial charge in [0.1, 0.15) is 5.76 Å². The van der Waals surface area contributed by atoms with E-state index in [1.165, 1.54) is 11.1 Å². The second-order valence-electron chi connectivity index (χ2n) is 6.71. The number of unbranched alkanes of at least 4 members (excludes halogenated alkanes) is 2. The summed E-state index contributed by atoms with van der Waals surface area (Å²) in [5.41, 5.74) is 3.66. The van der Waals surface area contributed by atoms with E-state index in [-0.39, 0.29) is 5.76 Å². The van der Waals surface area contributed by atoms with Gasteiger partial charge in [-0.1, -0.05) is 43.1 Å². The molecule has 3 heteroatoms. The molecule has 1 aliphatic carbocycles. The van der Waals surface area contributed by atoms with Crippen molar-refractivity contribution < 1.29 is 14.7 Å². The molecule has 1 aliphatic rings. The first-order valence-corrected chi connectivity index (χ1v) is 8.87. The van der Waals surface area contributed by atoms with Crippen molar-refractivity contribution in [1.82, 2.24) is 0 Å². The van der Waals surface area contributed by atoms with E-state index in [0.717, 1.165) is 38.2 Å². The van der Waals surface area contributed by atoms with Crippen LogP contribution in [0.3, 0.4) is 0 Å². The van der Waals surface area contributed by atoms with Crippen molar-refractivity contribution in [2.75, 3.05) is 0 Å². The maximum Gasteiger partial charge on any atom is 0.229 e. The van der Waals surface area contributed by atoms with Crippen molar-refractivity contribution in [3.05, 3.63) is 46.3 Å². The van der Waals surface area contributed by atoms with E-state index in [0.29, 0.717) is 24.0 Å². The van der Waals surface area contributed by atoms with Crippen LogP contribution < -0.4 is 0 Å². The average molecular weight is 330 g/mol. The van der Waals surface area contributed by atoms with Crippen molar-refractivity contribution in [3.8, 4) is 0 Å². The van der Waals surface area contributed by atoms with Crippen LogP contribution in [-0.4, -0.2) is 16.7 Å². The predicted octanol–water partition coefficient (Wildman–Crippen LogP) is 5.54. The molecular weight excluding hydrogens is 300 g/mol. The Bertz CT molecular complexity index is 597. The average Bonchev–Trinajstić information content (AvgIpc) is 2.51. The quantitative estimate of drug-likeness (QED) is 0.261. The molecule has 0 aromatic carbocycles. The zero-order valence-corrected chi connectivity index (χ0v) is 15.4. The normalized spacial score (nSPS) is 15.7. The van der Waals surface area contributed by atoms with Crippen molar-refractivity contribution in [2.45, 2.75) is 72.6 Å². The van der Waals surface area contributed by atoms with Gasteiger partial charge in [0.2, 0.25) is 11.6 Å². The SMILES string of the molecule is CCCCCC1=C(CC=C(C)CCC=C(C)C)C(O)=CC(=O)C1=O. The molecule has 0 amide bonds. The lowest BCUT2D eigenvalue weighted by atomic mass is 9.88. The van der Waals surface area contributed by atoms with E-state index < -0.39 is 11.6 Å². The lowest BCUT2D eigenvalue weighted by molar-refractivity contribution is -0.132. The lowest BCUT2D eigenvalue weighted by Crippen LogP contribution is -2.21.